The van der Waals surface area contributed by atoms with Gasteiger partial charge in [0, 0.05) is 13.1 Å². The van der Waals surface area contributed by atoms with Gasteiger partial charge in [0.25, 0.3) is 0 Å². The number of hydrogen-bond donors (Lipinski definition) is 1. The summed E-state index contributed by atoms with van der Waals surface area (Å²) < 4.78 is 5.12. The minimum Gasteiger partial charge on any atom is -0.478 e. The van der Waals surface area contributed by atoms with Gasteiger partial charge in [-0.1, -0.05) is 26.0 Å². The van der Waals surface area contributed by atoms with E-state index in [1.54, 1.807) is 6.07 Å². The summed E-state index contributed by atoms with van der Waals surface area (Å²) in [5.74, 6) is 0.0176. The highest BCUT2D eigenvalue weighted by Gasteiger charge is 2.46. The molecule has 26 heavy (non-hydrogen) atoms. The summed E-state index contributed by atoms with van der Waals surface area (Å²) >= 11 is 0. The molecule has 3 rings (SSSR count). The van der Waals surface area contributed by atoms with Gasteiger partial charge in [0.05, 0.1) is 18.1 Å². The molecule has 1 aliphatic heterocycles. The normalized spacial score (nSPS) is 31.4. The van der Waals surface area contributed by atoms with Gasteiger partial charge in [-0.05, 0) is 61.3 Å². The standard InChI is InChI=1S/C21H29NO4/c1-4-26-20(25)18-11-16(18)13-22-9-8-21(3,14(2)12-22)17-7-5-6-15(10-17)19(23)24/h5-7,10,14,16,18H,4,8-9,11-13H2,1-3H3,(H,23,24)/t14-,16?,18?,21+/m0/s1. The predicted molar refractivity (Wildman–Crippen MR) is 99.2 cm³/mol. The Morgan fingerprint density at radius 1 is 1.38 bits per heavy atom. The van der Waals surface area contributed by atoms with E-state index in [0.717, 1.165) is 38.0 Å². The zero-order chi connectivity index (χ0) is 18.9. The van der Waals surface area contributed by atoms with Crippen LogP contribution in [0, 0.1) is 17.8 Å². The Morgan fingerprint density at radius 2 is 2.15 bits per heavy atom. The van der Waals surface area contributed by atoms with E-state index < -0.39 is 5.97 Å². The fourth-order valence-corrected chi connectivity index (χ4v) is 4.24. The van der Waals surface area contributed by atoms with Gasteiger partial charge in [0.1, 0.15) is 0 Å². The van der Waals surface area contributed by atoms with E-state index in [2.05, 4.69) is 24.8 Å². The first-order valence-corrected chi connectivity index (χ1v) is 9.58. The molecule has 1 aromatic carbocycles. The van der Waals surface area contributed by atoms with Crippen LogP contribution in [-0.4, -0.2) is 48.2 Å². The summed E-state index contributed by atoms with van der Waals surface area (Å²) in [5, 5.41) is 9.27. The molecule has 1 aromatic rings. The molecule has 1 aliphatic carbocycles. The van der Waals surface area contributed by atoms with Crippen LogP contribution in [0.15, 0.2) is 24.3 Å². The molecule has 4 atom stereocenters. The van der Waals surface area contributed by atoms with Crippen LogP contribution in [0.3, 0.4) is 0 Å². The fraction of sp³-hybridized carbons (Fsp3) is 0.619. The van der Waals surface area contributed by atoms with Crippen molar-refractivity contribution in [3.63, 3.8) is 0 Å². The summed E-state index contributed by atoms with van der Waals surface area (Å²) in [7, 11) is 0. The Balaban J connectivity index is 1.61. The molecule has 5 nitrogen and oxygen atoms in total. The number of carboxylic acid groups (broad SMARTS) is 1. The van der Waals surface area contributed by atoms with Crippen molar-refractivity contribution in [2.45, 2.75) is 39.0 Å². The largest absolute Gasteiger partial charge is 0.478 e. The molecule has 1 saturated heterocycles. The van der Waals surface area contributed by atoms with E-state index >= 15 is 0 Å². The van der Waals surface area contributed by atoms with Gasteiger partial charge in [0.15, 0.2) is 0 Å². The molecular formula is C21H29NO4. The second-order valence-electron chi connectivity index (χ2n) is 8.07. The maximum atomic E-state index is 11.8. The number of benzene rings is 1. The number of carboxylic acids is 1. The minimum absolute atomic E-state index is 0.0218. The van der Waals surface area contributed by atoms with Crippen molar-refractivity contribution in [2.75, 3.05) is 26.2 Å². The van der Waals surface area contributed by atoms with Crippen LogP contribution in [0.5, 0.6) is 0 Å². The topological polar surface area (TPSA) is 66.8 Å². The number of aromatic carboxylic acids is 1. The fourth-order valence-electron chi connectivity index (χ4n) is 4.24. The molecule has 0 aromatic heterocycles. The van der Waals surface area contributed by atoms with Gasteiger partial charge in [-0.2, -0.15) is 0 Å². The van der Waals surface area contributed by atoms with Gasteiger partial charge in [-0.25, -0.2) is 4.79 Å². The molecule has 1 heterocycles. The lowest BCUT2D eigenvalue weighted by Crippen LogP contribution is -2.48. The third-order valence-corrected chi connectivity index (χ3v) is 6.34. The SMILES string of the molecule is CCOC(=O)C1CC1CN1CC[C@@](C)(c2cccc(C(=O)O)c2)[C@@H](C)C1. The number of esters is 1. The maximum Gasteiger partial charge on any atom is 0.335 e. The second-order valence-corrected chi connectivity index (χ2v) is 8.07. The van der Waals surface area contributed by atoms with E-state index in [-0.39, 0.29) is 17.3 Å². The third kappa shape index (κ3) is 3.78. The Bertz CT molecular complexity index is 688. The first-order chi connectivity index (χ1) is 12.3. The highest BCUT2D eigenvalue weighted by atomic mass is 16.5. The van der Waals surface area contributed by atoms with Crippen molar-refractivity contribution in [2.24, 2.45) is 17.8 Å². The molecule has 2 aliphatic rings. The van der Waals surface area contributed by atoms with Gasteiger partial charge in [-0.3, -0.25) is 4.79 Å². The predicted octanol–water partition coefficient (Wildman–Crippen LogP) is 3.18. The summed E-state index contributed by atoms with van der Waals surface area (Å²) in [6.07, 6.45) is 1.94. The zero-order valence-corrected chi connectivity index (χ0v) is 15.9. The molecule has 142 valence electrons. The van der Waals surface area contributed by atoms with Crippen LogP contribution >= 0.6 is 0 Å². The molecule has 1 saturated carbocycles. The van der Waals surface area contributed by atoms with Crippen molar-refractivity contribution in [1.29, 1.82) is 0 Å². The summed E-state index contributed by atoms with van der Waals surface area (Å²) in [4.78, 5) is 25.6. The Labute approximate surface area is 155 Å². The quantitative estimate of drug-likeness (QED) is 0.790. The highest BCUT2D eigenvalue weighted by molar-refractivity contribution is 5.87. The van der Waals surface area contributed by atoms with E-state index in [1.165, 1.54) is 0 Å². The smallest absolute Gasteiger partial charge is 0.335 e. The number of nitrogens with zero attached hydrogens (tertiary/aromatic N) is 1. The monoisotopic (exact) mass is 359 g/mol. The highest BCUT2D eigenvalue weighted by Crippen LogP contribution is 2.43. The molecule has 2 fully saturated rings. The molecular weight excluding hydrogens is 330 g/mol. The van der Waals surface area contributed by atoms with Gasteiger partial charge < -0.3 is 14.7 Å². The van der Waals surface area contributed by atoms with Gasteiger partial charge >= 0.3 is 11.9 Å². The number of ether oxygens (including phenoxy) is 1. The van der Waals surface area contributed by atoms with Crippen LogP contribution in [-0.2, 0) is 14.9 Å². The van der Waals surface area contributed by atoms with Crippen molar-refractivity contribution in [3.8, 4) is 0 Å². The lowest BCUT2D eigenvalue weighted by Gasteiger charge is -2.45. The lowest BCUT2D eigenvalue weighted by molar-refractivity contribution is -0.145. The number of rotatable bonds is 6. The average molecular weight is 359 g/mol. The minimum atomic E-state index is -0.876. The summed E-state index contributed by atoms with van der Waals surface area (Å²) in [6.45, 7) is 9.70. The van der Waals surface area contributed by atoms with Gasteiger partial charge in [0.2, 0.25) is 0 Å². The molecule has 0 bridgehead atoms. The number of hydrogen-bond acceptors (Lipinski definition) is 4. The Kier molecular flexibility index (Phi) is 5.37. The van der Waals surface area contributed by atoms with Crippen molar-refractivity contribution < 1.29 is 19.4 Å². The van der Waals surface area contributed by atoms with Crippen LogP contribution < -0.4 is 0 Å². The summed E-state index contributed by atoms with van der Waals surface area (Å²) in [5.41, 5.74) is 1.44. The average Bonchev–Trinajstić information content (AvgIpc) is 3.38. The number of likely N-dealkylation sites (tertiary alicyclic amines) is 1. The molecule has 0 amide bonds. The second kappa shape index (κ2) is 7.39. The van der Waals surface area contributed by atoms with Crippen LogP contribution in [0.2, 0.25) is 0 Å². The van der Waals surface area contributed by atoms with Crippen molar-refractivity contribution in [1.82, 2.24) is 4.90 Å². The third-order valence-electron chi connectivity index (χ3n) is 6.34. The lowest BCUT2D eigenvalue weighted by atomic mass is 9.68. The van der Waals surface area contributed by atoms with Crippen LogP contribution in [0.1, 0.15) is 49.5 Å². The molecule has 2 unspecified atom stereocenters. The molecule has 5 heteroatoms. The van der Waals surface area contributed by atoms with Crippen LogP contribution in [0.25, 0.3) is 0 Å². The Morgan fingerprint density at radius 3 is 2.81 bits per heavy atom. The molecule has 0 spiro atoms. The van der Waals surface area contributed by atoms with E-state index in [9.17, 15) is 14.7 Å². The van der Waals surface area contributed by atoms with E-state index in [4.69, 9.17) is 4.74 Å². The first kappa shape index (κ1) is 18.9. The Hall–Kier alpha value is -1.88. The number of piperidine rings is 1. The number of carbonyl (C=O) groups is 2. The zero-order valence-electron chi connectivity index (χ0n) is 15.9. The maximum absolute atomic E-state index is 11.8. The van der Waals surface area contributed by atoms with Crippen molar-refractivity contribution >= 4 is 11.9 Å². The summed E-state index contributed by atoms with van der Waals surface area (Å²) in [6, 6.07) is 7.37. The van der Waals surface area contributed by atoms with Crippen molar-refractivity contribution in [3.05, 3.63) is 35.4 Å². The first-order valence-electron chi connectivity index (χ1n) is 9.58. The van der Waals surface area contributed by atoms with E-state index in [1.807, 2.05) is 19.1 Å². The molecule has 1 N–H and O–H groups in total. The molecule has 0 radical (unpaired) electrons. The van der Waals surface area contributed by atoms with Gasteiger partial charge in [-0.15, -0.1) is 0 Å². The van der Waals surface area contributed by atoms with E-state index in [0.29, 0.717) is 24.0 Å². The number of carbonyl (C=O) groups excluding carboxylic acids is 1. The van der Waals surface area contributed by atoms with Crippen LogP contribution in [0.4, 0.5) is 0 Å².